The lowest BCUT2D eigenvalue weighted by molar-refractivity contribution is 0.304. The highest BCUT2D eigenvalue weighted by molar-refractivity contribution is 5.65. The number of benzene rings is 1. The highest BCUT2D eigenvalue weighted by atomic mass is 14.9. The molecule has 1 aromatic rings. The lowest BCUT2D eigenvalue weighted by Gasteiger charge is -2.29. The molecule has 0 amide bonds. The van der Waals surface area contributed by atoms with E-state index in [1.165, 1.54) is 25.7 Å². The minimum atomic E-state index is 0.551. The van der Waals surface area contributed by atoms with Crippen molar-refractivity contribution in [2.75, 3.05) is 11.1 Å². The third-order valence-corrected chi connectivity index (χ3v) is 4.78. The van der Waals surface area contributed by atoms with Crippen molar-refractivity contribution in [3.05, 3.63) is 24.3 Å². The van der Waals surface area contributed by atoms with E-state index in [-0.39, 0.29) is 0 Å². The molecule has 0 saturated heterocycles. The SMILES string of the molecule is CC(Nc1ccccc1N)C1C[C@H]2CC[C@@H]1C2. The second-order valence-electron chi connectivity index (χ2n) is 5.86. The smallest absolute Gasteiger partial charge is 0.0576 e. The van der Waals surface area contributed by atoms with Crippen molar-refractivity contribution in [1.29, 1.82) is 0 Å². The molecule has 0 spiro atoms. The molecular weight excluding hydrogens is 208 g/mol. The van der Waals surface area contributed by atoms with Gasteiger partial charge >= 0.3 is 0 Å². The molecule has 0 aromatic heterocycles. The van der Waals surface area contributed by atoms with Crippen molar-refractivity contribution in [2.45, 2.75) is 38.6 Å². The van der Waals surface area contributed by atoms with Gasteiger partial charge in [0.25, 0.3) is 0 Å². The van der Waals surface area contributed by atoms with Gasteiger partial charge in [0, 0.05) is 6.04 Å². The molecule has 1 aromatic carbocycles. The summed E-state index contributed by atoms with van der Waals surface area (Å²) in [5, 5.41) is 3.61. The van der Waals surface area contributed by atoms with Crippen molar-refractivity contribution in [1.82, 2.24) is 0 Å². The molecule has 2 fully saturated rings. The van der Waals surface area contributed by atoms with Crippen molar-refractivity contribution < 1.29 is 0 Å². The summed E-state index contributed by atoms with van der Waals surface area (Å²) in [6, 6.07) is 8.64. The first kappa shape index (κ1) is 10.9. The van der Waals surface area contributed by atoms with Crippen LogP contribution in [0.25, 0.3) is 0 Å². The second-order valence-corrected chi connectivity index (χ2v) is 5.86. The van der Waals surface area contributed by atoms with Crippen LogP contribution in [0.3, 0.4) is 0 Å². The number of anilines is 2. The molecule has 92 valence electrons. The fourth-order valence-corrected chi connectivity index (χ4v) is 3.89. The van der Waals surface area contributed by atoms with E-state index in [4.69, 9.17) is 5.73 Å². The normalized spacial score (nSPS) is 32.6. The van der Waals surface area contributed by atoms with Gasteiger partial charge in [0.15, 0.2) is 0 Å². The molecular formula is C15H22N2. The Hall–Kier alpha value is -1.18. The van der Waals surface area contributed by atoms with Crippen molar-refractivity contribution in [2.24, 2.45) is 17.8 Å². The van der Waals surface area contributed by atoms with Crippen LogP contribution in [0.15, 0.2) is 24.3 Å². The second kappa shape index (κ2) is 4.25. The predicted molar refractivity (Wildman–Crippen MR) is 72.9 cm³/mol. The van der Waals surface area contributed by atoms with E-state index in [0.29, 0.717) is 6.04 Å². The van der Waals surface area contributed by atoms with Crippen LogP contribution < -0.4 is 11.1 Å². The summed E-state index contributed by atoms with van der Waals surface area (Å²) in [5.74, 6) is 2.84. The van der Waals surface area contributed by atoms with Crippen LogP contribution in [0.2, 0.25) is 0 Å². The van der Waals surface area contributed by atoms with Crippen LogP contribution in [0.5, 0.6) is 0 Å². The summed E-state index contributed by atoms with van der Waals surface area (Å²) >= 11 is 0. The fraction of sp³-hybridized carbons (Fsp3) is 0.600. The third kappa shape index (κ3) is 2.01. The van der Waals surface area contributed by atoms with Crippen molar-refractivity contribution >= 4 is 11.4 Å². The summed E-state index contributed by atoms with van der Waals surface area (Å²) in [5.41, 5.74) is 7.94. The van der Waals surface area contributed by atoms with Gasteiger partial charge in [-0.15, -0.1) is 0 Å². The highest BCUT2D eigenvalue weighted by Gasteiger charge is 2.41. The van der Waals surface area contributed by atoms with E-state index in [9.17, 15) is 0 Å². The molecule has 2 nitrogen and oxygen atoms in total. The molecule has 2 aliphatic rings. The van der Waals surface area contributed by atoms with Gasteiger partial charge in [0.2, 0.25) is 0 Å². The number of para-hydroxylation sites is 2. The van der Waals surface area contributed by atoms with Crippen LogP contribution in [0, 0.1) is 17.8 Å². The summed E-state index contributed by atoms with van der Waals surface area (Å²) in [7, 11) is 0. The van der Waals surface area contributed by atoms with Crippen LogP contribution >= 0.6 is 0 Å². The monoisotopic (exact) mass is 230 g/mol. The Morgan fingerprint density at radius 2 is 2.06 bits per heavy atom. The number of hydrogen-bond acceptors (Lipinski definition) is 2. The maximum atomic E-state index is 5.98. The van der Waals surface area contributed by atoms with Gasteiger partial charge in [-0.3, -0.25) is 0 Å². The summed E-state index contributed by atoms with van der Waals surface area (Å²) in [4.78, 5) is 0. The molecule has 2 saturated carbocycles. The Bertz CT molecular complexity index is 402. The maximum absolute atomic E-state index is 5.98. The first-order chi connectivity index (χ1) is 8.24. The number of nitrogens with two attached hydrogens (primary N) is 1. The molecule has 3 N–H and O–H groups in total. The summed E-state index contributed by atoms with van der Waals surface area (Å²) in [6.07, 6.45) is 5.82. The number of fused-ring (bicyclic) bond motifs is 2. The van der Waals surface area contributed by atoms with E-state index < -0.39 is 0 Å². The van der Waals surface area contributed by atoms with E-state index in [2.05, 4.69) is 18.3 Å². The van der Waals surface area contributed by atoms with Gasteiger partial charge in [-0.05, 0) is 56.1 Å². The topological polar surface area (TPSA) is 38.0 Å². The van der Waals surface area contributed by atoms with E-state index in [0.717, 1.165) is 29.1 Å². The van der Waals surface area contributed by atoms with Gasteiger partial charge in [0.05, 0.1) is 11.4 Å². The Labute approximate surface area is 104 Å². The Morgan fingerprint density at radius 3 is 2.71 bits per heavy atom. The molecule has 2 unspecified atom stereocenters. The van der Waals surface area contributed by atoms with Gasteiger partial charge in [-0.25, -0.2) is 0 Å². The van der Waals surface area contributed by atoms with Crippen LogP contribution in [0.4, 0.5) is 11.4 Å². The summed E-state index contributed by atoms with van der Waals surface area (Å²) < 4.78 is 0. The standard InChI is InChI=1S/C15H22N2/c1-10(13-9-11-6-7-12(13)8-11)17-15-5-3-2-4-14(15)16/h2-5,10-13,17H,6-9,16H2,1H3/t10?,11-,12+,13?/m0/s1. The van der Waals surface area contributed by atoms with Crippen molar-refractivity contribution in [3.63, 3.8) is 0 Å². The molecule has 0 aliphatic heterocycles. The zero-order valence-electron chi connectivity index (χ0n) is 10.5. The first-order valence-corrected chi connectivity index (χ1v) is 6.85. The largest absolute Gasteiger partial charge is 0.397 e. The van der Waals surface area contributed by atoms with E-state index in [1.807, 2.05) is 18.2 Å². The zero-order chi connectivity index (χ0) is 11.8. The highest BCUT2D eigenvalue weighted by Crippen LogP contribution is 2.49. The molecule has 2 bridgehead atoms. The predicted octanol–water partition coefficient (Wildman–Crippen LogP) is 3.51. The lowest BCUT2D eigenvalue weighted by Crippen LogP contribution is -2.30. The first-order valence-electron chi connectivity index (χ1n) is 6.85. The molecule has 2 heteroatoms. The number of nitrogen functional groups attached to an aromatic ring is 1. The lowest BCUT2D eigenvalue weighted by atomic mass is 9.84. The minimum absolute atomic E-state index is 0.551. The minimum Gasteiger partial charge on any atom is -0.397 e. The molecule has 3 rings (SSSR count). The molecule has 17 heavy (non-hydrogen) atoms. The van der Waals surface area contributed by atoms with E-state index >= 15 is 0 Å². The number of nitrogens with one attached hydrogen (secondary N) is 1. The Morgan fingerprint density at radius 1 is 1.24 bits per heavy atom. The Kier molecular flexibility index (Phi) is 2.73. The molecule has 0 heterocycles. The molecule has 2 aliphatic carbocycles. The van der Waals surface area contributed by atoms with E-state index in [1.54, 1.807) is 0 Å². The molecule has 0 radical (unpaired) electrons. The average molecular weight is 230 g/mol. The third-order valence-electron chi connectivity index (χ3n) is 4.78. The average Bonchev–Trinajstić information content (AvgIpc) is 2.94. The van der Waals surface area contributed by atoms with Gasteiger partial charge < -0.3 is 11.1 Å². The van der Waals surface area contributed by atoms with Gasteiger partial charge in [0.1, 0.15) is 0 Å². The quantitative estimate of drug-likeness (QED) is 0.780. The zero-order valence-corrected chi connectivity index (χ0v) is 10.5. The Balaban J connectivity index is 1.68. The summed E-state index contributed by atoms with van der Waals surface area (Å²) in [6.45, 7) is 2.32. The van der Waals surface area contributed by atoms with Crippen LogP contribution in [0.1, 0.15) is 32.6 Å². The van der Waals surface area contributed by atoms with Crippen LogP contribution in [-0.4, -0.2) is 6.04 Å². The number of rotatable bonds is 3. The van der Waals surface area contributed by atoms with Gasteiger partial charge in [-0.1, -0.05) is 18.6 Å². The fourth-order valence-electron chi connectivity index (χ4n) is 3.89. The number of hydrogen-bond donors (Lipinski definition) is 2. The van der Waals surface area contributed by atoms with Crippen LogP contribution in [-0.2, 0) is 0 Å². The van der Waals surface area contributed by atoms with Crippen molar-refractivity contribution in [3.8, 4) is 0 Å². The molecule has 4 atom stereocenters. The maximum Gasteiger partial charge on any atom is 0.0576 e. The van der Waals surface area contributed by atoms with Gasteiger partial charge in [-0.2, -0.15) is 0 Å².